The maximum Gasteiger partial charge on any atom is 0.310 e. The Kier molecular flexibility index (Phi) is 6.97. The summed E-state index contributed by atoms with van der Waals surface area (Å²) >= 11 is 0. The molecule has 0 aliphatic carbocycles. The lowest BCUT2D eigenvalue weighted by Crippen LogP contribution is -2.31. The highest BCUT2D eigenvalue weighted by atomic mass is 32.2. The normalized spacial score (nSPS) is 14.0. The molecule has 0 bridgehead atoms. The minimum atomic E-state index is -1.31. The van der Waals surface area contributed by atoms with Crippen molar-refractivity contribution in [2.45, 2.75) is 37.6 Å². The number of H-pyrrole nitrogens is 1. The van der Waals surface area contributed by atoms with Gasteiger partial charge in [-0.1, -0.05) is 13.0 Å². The van der Waals surface area contributed by atoms with Crippen LogP contribution < -0.4 is 10.2 Å². The molecule has 2 aromatic heterocycles. The Balaban J connectivity index is 1.62. The Morgan fingerprint density at radius 2 is 2.21 bits per heavy atom. The molecule has 11 heteroatoms. The fraction of sp³-hybridized carbons (Fsp3) is 0.364. The van der Waals surface area contributed by atoms with E-state index < -0.39 is 22.6 Å². The highest BCUT2D eigenvalue weighted by Crippen LogP contribution is 2.27. The molecule has 0 fully saturated rings. The van der Waals surface area contributed by atoms with Crippen LogP contribution in [-0.2, 0) is 39.7 Å². The van der Waals surface area contributed by atoms with Crippen molar-refractivity contribution in [3.05, 3.63) is 53.2 Å². The van der Waals surface area contributed by atoms with Gasteiger partial charge in [-0.3, -0.25) is 14.1 Å². The highest BCUT2D eigenvalue weighted by Gasteiger charge is 2.22. The second-order valence-electron chi connectivity index (χ2n) is 7.66. The van der Waals surface area contributed by atoms with Crippen molar-refractivity contribution in [1.29, 1.82) is 0 Å². The number of carbonyl (C=O) groups is 1. The zero-order chi connectivity index (χ0) is 23.4. The number of hydrogen-bond donors (Lipinski definition) is 2. The number of ether oxygens (including phenoxy) is 1. The van der Waals surface area contributed by atoms with E-state index in [1.165, 1.54) is 24.8 Å². The van der Waals surface area contributed by atoms with E-state index in [9.17, 15) is 13.4 Å². The minimum absolute atomic E-state index is 0.156. The molecule has 4 rings (SSSR count). The highest BCUT2D eigenvalue weighted by molar-refractivity contribution is 7.85. The zero-order valence-electron chi connectivity index (χ0n) is 18.4. The van der Waals surface area contributed by atoms with Crippen LogP contribution in [-0.4, -0.2) is 49.8 Å². The second-order valence-corrected chi connectivity index (χ2v) is 9.20. The van der Waals surface area contributed by atoms with Crippen molar-refractivity contribution in [2.75, 3.05) is 29.6 Å². The standard InChI is InChI=1S/C22H25FN6O3S/c1-3-8-33(31)19-12-24-22(29-7-6-15-11-25-28-18(15)13-29)27-21(19)26-16-5-4-14(17(23)10-16)9-20(30)32-2/h4-5,10-12H,3,6-9,13H2,1-2H3,(H,25,28)(H,24,26,27). The topological polar surface area (TPSA) is 113 Å². The molecule has 1 aliphatic rings. The molecule has 1 aliphatic heterocycles. The number of carbonyl (C=O) groups excluding carboxylic acids is 1. The van der Waals surface area contributed by atoms with E-state index in [0.717, 1.165) is 25.1 Å². The molecular formula is C22H25FN6O3S. The largest absolute Gasteiger partial charge is 0.469 e. The number of aromatic nitrogens is 4. The summed E-state index contributed by atoms with van der Waals surface area (Å²) in [5.74, 6) is 0.249. The lowest BCUT2D eigenvalue weighted by Gasteiger charge is -2.27. The molecule has 9 nitrogen and oxygen atoms in total. The molecule has 0 saturated carbocycles. The molecule has 0 saturated heterocycles. The van der Waals surface area contributed by atoms with Crippen LogP contribution in [0.4, 0.5) is 21.8 Å². The molecule has 2 N–H and O–H groups in total. The number of hydrogen-bond acceptors (Lipinski definition) is 8. The summed E-state index contributed by atoms with van der Waals surface area (Å²) in [7, 11) is -0.0474. The first-order valence-corrected chi connectivity index (χ1v) is 11.9. The van der Waals surface area contributed by atoms with Gasteiger partial charge in [0.2, 0.25) is 5.95 Å². The van der Waals surface area contributed by atoms with Gasteiger partial charge in [-0.25, -0.2) is 9.37 Å². The minimum Gasteiger partial charge on any atom is -0.469 e. The smallest absolute Gasteiger partial charge is 0.310 e. The van der Waals surface area contributed by atoms with E-state index in [1.807, 2.05) is 18.0 Å². The summed E-state index contributed by atoms with van der Waals surface area (Å²) in [6, 6.07) is 4.45. The number of rotatable bonds is 8. The summed E-state index contributed by atoms with van der Waals surface area (Å²) in [6.07, 6.45) is 4.79. The third kappa shape index (κ3) is 5.19. The number of halogens is 1. The summed E-state index contributed by atoms with van der Waals surface area (Å²) in [5, 5.41) is 10.2. The van der Waals surface area contributed by atoms with E-state index in [1.54, 1.807) is 12.3 Å². The van der Waals surface area contributed by atoms with E-state index >= 15 is 0 Å². The summed E-state index contributed by atoms with van der Waals surface area (Å²) < 4.78 is 31.9. The van der Waals surface area contributed by atoms with E-state index in [2.05, 4.69) is 30.2 Å². The van der Waals surface area contributed by atoms with Gasteiger partial charge < -0.3 is 15.0 Å². The first kappa shape index (κ1) is 22.8. The monoisotopic (exact) mass is 472 g/mol. The third-order valence-electron chi connectivity index (χ3n) is 5.35. The average molecular weight is 473 g/mol. The lowest BCUT2D eigenvalue weighted by molar-refractivity contribution is -0.139. The van der Waals surface area contributed by atoms with Crippen molar-refractivity contribution in [1.82, 2.24) is 20.2 Å². The van der Waals surface area contributed by atoms with Crippen LogP contribution >= 0.6 is 0 Å². The van der Waals surface area contributed by atoms with Gasteiger partial charge in [0, 0.05) is 18.0 Å². The molecule has 174 valence electrons. The average Bonchev–Trinajstić information content (AvgIpc) is 3.29. The van der Waals surface area contributed by atoms with Gasteiger partial charge in [0.1, 0.15) is 5.82 Å². The van der Waals surface area contributed by atoms with Crippen molar-refractivity contribution in [2.24, 2.45) is 0 Å². The van der Waals surface area contributed by atoms with Crippen LogP contribution in [0.3, 0.4) is 0 Å². The number of nitrogens with zero attached hydrogens (tertiary/aromatic N) is 4. The first-order valence-electron chi connectivity index (χ1n) is 10.6. The number of nitrogens with one attached hydrogen (secondary N) is 2. The van der Waals surface area contributed by atoms with Crippen LogP contribution in [0, 0.1) is 5.82 Å². The fourth-order valence-corrected chi connectivity index (χ4v) is 4.66. The Hall–Kier alpha value is -3.34. The third-order valence-corrected chi connectivity index (χ3v) is 6.91. The summed E-state index contributed by atoms with van der Waals surface area (Å²) in [5.41, 5.74) is 2.85. The molecule has 3 aromatic rings. The molecule has 1 unspecified atom stereocenters. The number of esters is 1. The molecule has 0 amide bonds. The maximum absolute atomic E-state index is 14.6. The zero-order valence-corrected chi connectivity index (χ0v) is 19.2. The predicted octanol–water partition coefficient (Wildman–Crippen LogP) is 2.88. The van der Waals surface area contributed by atoms with Crippen LogP contribution in [0.1, 0.15) is 30.2 Å². The lowest BCUT2D eigenvalue weighted by atomic mass is 10.1. The quantitative estimate of drug-likeness (QED) is 0.481. The number of aromatic amines is 1. The molecule has 0 radical (unpaired) electrons. The van der Waals surface area contributed by atoms with Gasteiger partial charge >= 0.3 is 5.97 Å². The molecule has 0 spiro atoms. The SMILES string of the molecule is CCCS(=O)c1cnc(N2CCc3cn[nH]c3C2)nc1Nc1ccc(CC(=O)OC)c(F)c1. The van der Waals surface area contributed by atoms with Crippen molar-refractivity contribution in [3.8, 4) is 0 Å². The van der Waals surface area contributed by atoms with E-state index in [-0.39, 0.29) is 12.0 Å². The number of fused-ring (bicyclic) bond motifs is 1. The number of benzene rings is 1. The fourth-order valence-electron chi connectivity index (χ4n) is 3.58. The Labute approximate surface area is 193 Å². The summed E-state index contributed by atoms with van der Waals surface area (Å²) in [6.45, 7) is 3.26. The van der Waals surface area contributed by atoms with Gasteiger partial charge in [-0.2, -0.15) is 10.1 Å². The summed E-state index contributed by atoms with van der Waals surface area (Å²) in [4.78, 5) is 23.0. The maximum atomic E-state index is 14.6. The number of methoxy groups -OCH3 is 1. The van der Waals surface area contributed by atoms with Gasteiger partial charge in [0.15, 0.2) is 5.82 Å². The molecular weight excluding hydrogens is 447 g/mol. The first-order chi connectivity index (χ1) is 16.0. The van der Waals surface area contributed by atoms with Crippen LogP contribution in [0.2, 0.25) is 0 Å². The Bertz CT molecular complexity index is 1180. The van der Waals surface area contributed by atoms with E-state index in [0.29, 0.717) is 34.6 Å². The molecule has 3 heterocycles. The molecule has 33 heavy (non-hydrogen) atoms. The Morgan fingerprint density at radius 3 is 2.97 bits per heavy atom. The van der Waals surface area contributed by atoms with Crippen LogP contribution in [0.5, 0.6) is 0 Å². The van der Waals surface area contributed by atoms with Crippen molar-refractivity contribution >= 4 is 34.2 Å². The van der Waals surface area contributed by atoms with Crippen molar-refractivity contribution in [3.63, 3.8) is 0 Å². The van der Waals surface area contributed by atoms with Gasteiger partial charge in [-0.05, 0) is 36.1 Å². The van der Waals surface area contributed by atoms with Gasteiger partial charge in [0.25, 0.3) is 0 Å². The van der Waals surface area contributed by atoms with Gasteiger partial charge in [-0.15, -0.1) is 0 Å². The van der Waals surface area contributed by atoms with Crippen molar-refractivity contribution < 1.29 is 18.1 Å². The second kappa shape index (κ2) is 10.1. The van der Waals surface area contributed by atoms with Gasteiger partial charge in [0.05, 0.1) is 53.9 Å². The molecule has 1 atom stereocenters. The Morgan fingerprint density at radius 1 is 1.36 bits per heavy atom. The number of anilines is 3. The van der Waals surface area contributed by atoms with Crippen LogP contribution in [0.25, 0.3) is 0 Å². The molecule has 1 aromatic carbocycles. The van der Waals surface area contributed by atoms with Crippen LogP contribution in [0.15, 0.2) is 35.5 Å². The predicted molar refractivity (Wildman–Crippen MR) is 122 cm³/mol. The van der Waals surface area contributed by atoms with E-state index in [4.69, 9.17) is 0 Å².